The summed E-state index contributed by atoms with van der Waals surface area (Å²) in [4.78, 5) is 15.1. The van der Waals surface area contributed by atoms with E-state index >= 15 is 0 Å². The third-order valence-electron chi connectivity index (χ3n) is 4.70. The number of piperazine rings is 1. The molecule has 0 saturated carbocycles. The van der Waals surface area contributed by atoms with Gasteiger partial charge in [-0.25, -0.2) is 8.78 Å². The highest BCUT2D eigenvalue weighted by Gasteiger charge is 2.42. The summed E-state index contributed by atoms with van der Waals surface area (Å²) in [6.07, 6.45) is -0.123. The summed E-state index contributed by atoms with van der Waals surface area (Å²) in [6, 6.07) is 0. The van der Waals surface area contributed by atoms with Gasteiger partial charge >= 0.3 is 12.3 Å². The minimum atomic E-state index is -3.98. The molecule has 1 N–H and O–H groups in total. The van der Waals surface area contributed by atoms with E-state index < -0.39 is 18.9 Å². The van der Waals surface area contributed by atoms with E-state index in [1.165, 1.54) is 4.90 Å². The molecule has 23 heavy (non-hydrogen) atoms. The highest BCUT2D eigenvalue weighted by Crippen LogP contribution is 2.24. The van der Waals surface area contributed by atoms with Crippen molar-refractivity contribution >= 4 is 5.91 Å². The maximum absolute atomic E-state index is 13.0. The lowest BCUT2D eigenvalue weighted by atomic mass is 9.93. The number of halogens is 4. The van der Waals surface area contributed by atoms with Gasteiger partial charge in [-0.1, -0.05) is 0 Å². The second-order valence-electron chi connectivity index (χ2n) is 6.45. The zero-order valence-corrected chi connectivity index (χ0v) is 13.2. The molecule has 0 aromatic rings. The van der Waals surface area contributed by atoms with Crippen molar-refractivity contribution in [3.05, 3.63) is 0 Å². The summed E-state index contributed by atoms with van der Waals surface area (Å²) in [5.41, 5.74) is 0. The summed E-state index contributed by atoms with van der Waals surface area (Å²) in [6.45, 7) is 2.17. The minimum Gasteiger partial charge on any atom is -0.340 e. The molecular weight excluding hydrogens is 314 g/mol. The van der Waals surface area contributed by atoms with E-state index in [1.807, 2.05) is 0 Å². The molecule has 2 fully saturated rings. The molecule has 2 aliphatic rings. The van der Waals surface area contributed by atoms with Gasteiger partial charge < -0.3 is 10.2 Å². The molecule has 0 aromatic carbocycles. The van der Waals surface area contributed by atoms with Crippen molar-refractivity contribution in [2.24, 2.45) is 5.92 Å². The molecule has 8 heteroatoms. The summed E-state index contributed by atoms with van der Waals surface area (Å²) in [7, 11) is 0. The van der Waals surface area contributed by atoms with Crippen molar-refractivity contribution in [1.29, 1.82) is 0 Å². The highest BCUT2D eigenvalue weighted by molar-refractivity contribution is 5.76. The fourth-order valence-corrected chi connectivity index (χ4v) is 3.18. The van der Waals surface area contributed by atoms with Crippen LogP contribution in [0.4, 0.5) is 17.6 Å². The van der Waals surface area contributed by atoms with Crippen molar-refractivity contribution in [3.63, 3.8) is 0 Å². The third kappa shape index (κ3) is 5.60. The molecule has 134 valence electrons. The lowest BCUT2D eigenvalue weighted by Gasteiger charge is -2.36. The van der Waals surface area contributed by atoms with Crippen LogP contribution < -0.4 is 5.32 Å². The Morgan fingerprint density at radius 1 is 1.13 bits per heavy atom. The molecule has 4 nitrogen and oxygen atoms in total. The Bertz CT molecular complexity index is 381. The quantitative estimate of drug-likeness (QED) is 0.750. The Morgan fingerprint density at radius 2 is 1.74 bits per heavy atom. The molecule has 2 rings (SSSR count). The summed E-state index contributed by atoms with van der Waals surface area (Å²) in [5, 5.41) is 3.28. The number of nitrogens with zero attached hydrogens (tertiary/aromatic N) is 2. The predicted octanol–water partition coefficient (Wildman–Crippen LogP) is 1.81. The first-order valence-corrected chi connectivity index (χ1v) is 8.25. The monoisotopic (exact) mass is 339 g/mol. The summed E-state index contributed by atoms with van der Waals surface area (Å²) < 4.78 is 50.5. The van der Waals surface area contributed by atoms with Gasteiger partial charge in [0.1, 0.15) is 0 Å². The Balaban J connectivity index is 1.68. The van der Waals surface area contributed by atoms with Gasteiger partial charge in [0, 0.05) is 32.6 Å². The van der Waals surface area contributed by atoms with Crippen LogP contribution in [0.15, 0.2) is 0 Å². The second kappa shape index (κ2) is 8.28. The molecule has 0 unspecified atom stereocenters. The van der Waals surface area contributed by atoms with Gasteiger partial charge in [-0.05, 0) is 38.3 Å². The van der Waals surface area contributed by atoms with Crippen molar-refractivity contribution < 1.29 is 22.4 Å². The van der Waals surface area contributed by atoms with E-state index in [0.717, 1.165) is 32.4 Å². The topological polar surface area (TPSA) is 35.6 Å². The second-order valence-corrected chi connectivity index (χ2v) is 6.45. The average molecular weight is 339 g/mol. The Morgan fingerprint density at radius 3 is 2.30 bits per heavy atom. The number of alkyl halides is 4. The van der Waals surface area contributed by atoms with Gasteiger partial charge in [0.25, 0.3) is 0 Å². The zero-order chi connectivity index (χ0) is 16.9. The fourth-order valence-electron chi connectivity index (χ4n) is 3.18. The van der Waals surface area contributed by atoms with E-state index in [0.29, 0.717) is 25.4 Å². The normalized spacial score (nSPS) is 21.9. The number of amides is 1. The maximum Gasteiger partial charge on any atom is 0.319 e. The first-order valence-electron chi connectivity index (χ1n) is 8.25. The SMILES string of the molecule is O=C(CCC1CCNCC1)N1CCN(CC(F)(F)C(F)F)CC1. The van der Waals surface area contributed by atoms with E-state index in [9.17, 15) is 22.4 Å². The maximum atomic E-state index is 13.0. The number of nitrogens with one attached hydrogen (secondary N) is 1. The lowest BCUT2D eigenvalue weighted by Crippen LogP contribution is -2.52. The standard InChI is InChI=1S/C15H25F4N3O/c16-14(17)15(18,19)11-21-7-9-22(10-8-21)13(23)2-1-12-3-5-20-6-4-12/h12,14,20H,1-11H2. The molecule has 0 bridgehead atoms. The van der Waals surface area contributed by atoms with Crippen LogP contribution in [0.3, 0.4) is 0 Å². The van der Waals surface area contributed by atoms with Crippen LogP contribution in [-0.2, 0) is 4.79 Å². The van der Waals surface area contributed by atoms with Crippen LogP contribution in [0.25, 0.3) is 0 Å². The molecule has 2 heterocycles. The number of piperidine rings is 1. The van der Waals surface area contributed by atoms with Crippen molar-refractivity contribution in [1.82, 2.24) is 15.1 Å². The molecule has 0 aromatic heterocycles. The van der Waals surface area contributed by atoms with E-state index in [2.05, 4.69) is 5.32 Å². The van der Waals surface area contributed by atoms with E-state index in [1.54, 1.807) is 4.90 Å². The Kier molecular flexibility index (Phi) is 6.64. The number of carbonyl (C=O) groups excluding carboxylic acids is 1. The van der Waals surface area contributed by atoms with Crippen molar-refractivity contribution in [2.75, 3.05) is 45.8 Å². The van der Waals surface area contributed by atoms with Gasteiger partial charge in [-0.3, -0.25) is 9.69 Å². The molecule has 0 spiro atoms. The third-order valence-corrected chi connectivity index (χ3v) is 4.70. The van der Waals surface area contributed by atoms with Crippen LogP contribution in [0.1, 0.15) is 25.7 Å². The smallest absolute Gasteiger partial charge is 0.319 e. The predicted molar refractivity (Wildman–Crippen MR) is 78.8 cm³/mol. The van der Waals surface area contributed by atoms with Crippen molar-refractivity contribution in [3.8, 4) is 0 Å². The molecule has 2 saturated heterocycles. The molecular formula is C15H25F4N3O. The molecule has 1 amide bonds. The van der Waals surface area contributed by atoms with Gasteiger partial charge in [-0.2, -0.15) is 8.78 Å². The van der Waals surface area contributed by atoms with Crippen molar-refractivity contribution in [2.45, 2.75) is 38.0 Å². The van der Waals surface area contributed by atoms with E-state index in [4.69, 9.17) is 0 Å². The summed E-state index contributed by atoms with van der Waals surface area (Å²) >= 11 is 0. The molecule has 0 atom stereocenters. The largest absolute Gasteiger partial charge is 0.340 e. The first-order chi connectivity index (χ1) is 10.9. The number of hydrogen-bond acceptors (Lipinski definition) is 3. The minimum absolute atomic E-state index is 0.0452. The number of hydrogen-bond donors (Lipinski definition) is 1. The zero-order valence-electron chi connectivity index (χ0n) is 13.2. The van der Waals surface area contributed by atoms with Crippen LogP contribution >= 0.6 is 0 Å². The van der Waals surface area contributed by atoms with Gasteiger partial charge in [0.05, 0.1) is 6.54 Å². The lowest BCUT2D eigenvalue weighted by molar-refractivity contribution is -0.148. The first kappa shape index (κ1) is 18.4. The highest BCUT2D eigenvalue weighted by atomic mass is 19.3. The number of rotatable bonds is 6. The fraction of sp³-hybridized carbons (Fsp3) is 0.933. The molecule has 0 aliphatic carbocycles. The Labute approximate surface area is 134 Å². The Hall–Kier alpha value is -0.890. The number of carbonyl (C=O) groups is 1. The van der Waals surface area contributed by atoms with Gasteiger partial charge in [-0.15, -0.1) is 0 Å². The summed E-state index contributed by atoms with van der Waals surface area (Å²) in [5.74, 6) is -3.36. The van der Waals surface area contributed by atoms with Gasteiger partial charge in [0.2, 0.25) is 5.91 Å². The van der Waals surface area contributed by atoms with Gasteiger partial charge in [0.15, 0.2) is 0 Å². The van der Waals surface area contributed by atoms with Crippen LogP contribution in [0.2, 0.25) is 0 Å². The van der Waals surface area contributed by atoms with Crippen LogP contribution in [0, 0.1) is 5.92 Å². The van der Waals surface area contributed by atoms with Crippen LogP contribution in [-0.4, -0.2) is 73.9 Å². The van der Waals surface area contributed by atoms with Crippen LogP contribution in [0.5, 0.6) is 0 Å². The molecule has 0 radical (unpaired) electrons. The average Bonchev–Trinajstić information content (AvgIpc) is 2.54. The van der Waals surface area contributed by atoms with E-state index in [-0.39, 0.29) is 19.0 Å². The molecule has 2 aliphatic heterocycles.